The average Bonchev–Trinajstić information content (AvgIpc) is 2.89. The number of aromatic nitrogens is 2. The maximum absolute atomic E-state index is 12.1. The molecule has 1 aromatic carbocycles. The number of nitrogens with one attached hydrogen (secondary N) is 1. The Hall–Kier alpha value is -2.01. The monoisotopic (exact) mass is 305 g/mol. The van der Waals surface area contributed by atoms with Gasteiger partial charge in [-0.1, -0.05) is 23.7 Å². The number of rotatable bonds is 3. The number of H-pyrrole nitrogens is 1. The van der Waals surface area contributed by atoms with Gasteiger partial charge in [-0.2, -0.15) is 0 Å². The van der Waals surface area contributed by atoms with Crippen LogP contribution in [0.1, 0.15) is 18.9 Å². The van der Waals surface area contributed by atoms with Gasteiger partial charge >= 0.3 is 5.69 Å². The highest BCUT2D eigenvalue weighted by atomic mass is 35.5. The third-order valence-corrected chi connectivity index (χ3v) is 4.16. The number of amides is 1. The van der Waals surface area contributed by atoms with Crippen LogP contribution in [0.4, 0.5) is 0 Å². The van der Waals surface area contributed by atoms with Crippen LogP contribution in [0.5, 0.6) is 0 Å². The Labute approximate surface area is 127 Å². The van der Waals surface area contributed by atoms with Gasteiger partial charge in [0.1, 0.15) is 0 Å². The lowest BCUT2D eigenvalue weighted by atomic mass is 10.1. The lowest BCUT2D eigenvalue weighted by molar-refractivity contribution is -0.119. The van der Waals surface area contributed by atoms with Crippen molar-refractivity contribution in [3.8, 4) is 11.3 Å². The summed E-state index contributed by atoms with van der Waals surface area (Å²) in [5.41, 5.74) is 1.54. The molecule has 0 radical (unpaired) electrons. The lowest BCUT2D eigenvalue weighted by Gasteiger charge is -2.29. The van der Waals surface area contributed by atoms with E-state index in [4.69, 9.17) is 11.6 Å². The number of likely N-dealkylation sites (tertiary alicyclic amines) is 1. The highest BCUT2D eigenvalue weighted by Gasteiger charge is 2.21. The van der Waals surface area contributed by atoms with Crippen molar-refractivity contribution in [2.75, 3.05) is 13.1 Å². The molecule has 0 unspecified atom stereocenters. The molecular formula is C15H16ClN3O2. The van der Waals surface area contributed by atoms with E-state index in [1.54, 1.807) is 15.5 Å². The number of carbonyl (C=O) groups excluding carboxylic acids is 1. The lowest BCUT2D eigenvalue weighted by Crippen LogP contribution is -2.35. The van der Waals surface area contributed by atoms with E-state index >= 15 is 0 Å². The predicted octanol–water partition coefficient (Wildman–Crippen LogP) is 2.29. The molecule has 1 aromatic heterocycles. The van der Waals surface area contributed by atoms with Gasteiger partial charge in [0.2, 0.25) is 6.41 Å². The molecule has 0 saturated carbocycles. The smallest absolute Gasteiger partial charge is 0.326 e. The van der Waals surface area contributed by atoms with Crippen LogP contribution < -0.4 is 5.69 Å². The molecule has 1 amide bonds. The summed E-state index contributed by atoms with van der Waals surface area (Å²) in [6.07, 6.45) is 4.31. The van der Waals surface area contributed by atoms with Crippen LogP contribution in [0.15, 0.2) is 35.3 Å². The van der Waals surface area contributed by atoms with Gasteiger partial charge in [0.05, 0.1) is 5.69 Å². The van der Waals surface area contributed by atoms with Crippen molar-refractivity contribution in [2.45, 2.75) is 18.9 Å². The van der Waals surface area contributed by atoms with Gasteiger partial charge in [0, 0.05) is 35.9 Å². The quantitative estimate of drug-likeness (QED) is 0.885. The minimum atomic E-state index is -0.116. The van der Waals surface area contributed by atoms with Crippen molar-refractivity contribution in [1.82, 2.24) is 14.5 Å². The van der Waals surface area contributed by atoms with Gasteiger partial charge in [-0.25, -0.2) is 4.79 Å². The van der Waals surface area contributed by atoms with Crippen LogP contribution in [0, 0.1) is 0 Å². The van der Waals surface area contributed by atoms with E-state index in [0.29, 0.717) is 18.1 Å². The van der Waals surface area contributed by atoms with Gasteiger partial charge in [0.15, 0.2) is 0 Å². The van der Waals surface area contributed by atoms with Crippen LogP contribution in [0.3, 0.4) is 0 Å². The Bertz CT molecular complexity index is 699. The number of carbonyl (C=O) groups is 1. The van der Waals surface area contributed by atoms with E-state index in [9.17, 15) is 9.59 Å². The van der Waals surface area contributed by atoms with E-state index in [1.807, 2.05) is 24.4 Å². The summed E-state index contributed by atoms with van der Waals surface area (Å²) in [5.74, 6) is 0. The van der Waals surface area contributed by atoms with E-state index in [0.717, 1.165) is 30.5 Å². The molecule has 5 nitrogen and oxygen atoms in total. The number of nitrogens with zero attached hydrogens (tertiary/aromatic N) is 2. The molecule has 110 valence electrons. The zero-order valence-electron chi connectivity index (χ0n) is 11.5. The van der Waals surface area contributed by atoms with Crippen molar-refractivity contribution in [3.05, 3.63) is 46.0 Å². The summed E-state index contributed by atoms with van der Waals surface area (Å²) < 4.78 is 1.73. The molecule has 1 N–H and O–H groups in total. The van der Waals surface area contributed by atoms with E-state index in [-0.39, 0.29) is 11.7 Å². The number of hydrogen-bond acceptors (Lipinski definition) is 2. The fourth-order valence-corrected chi connectivity index (χ4v) is 2.94. The van der Waals surface area contributed by atoms with Crippen LogP contribution in [-0.2, 0) is 4.79 Å². The molecule has 0 spiro atoms. The van der Waals surface area contributed by atoms with E-state index in [1.165, 1.54) is 0 Å². The van der Waals surface area contributed by atoms with Crippen LogP contribution in [-0.4, -0.2) is 34.0 Å². The minimum Gasteiger partial charge on any atom is -0.345 e. The predicted molar refractivity (Wildman–Crippen MR) is 81.4 cm³/mol. The fourth-order valence-electron chi connectivity index (χ4n) is 2.75. The summed E-state index contributed by atoms with van der Waals surface area (Å²) in [4.78, 5) is 27.5. The number of imidazole rings is 1. The van der Waals surface area contributed by atoms with Gasteiger partial charge in [-0.15, -0.1) is 0 Å². The Balaban J connectivity index is 1.85. The normalized spacial score (nSPS) is 16.1. The molecule has 1 fully saturated rings. The van der Waals surface area contributed by atoms with E-state index < -0.39 is 0 Å². The Kier molecular flexibility index (Phi) is 3.84. The third kappa shape index (κ3) is 2.88. The molecule has 2 heterocycles. The number of piperidine rings is 1. The number of aromatic amines is 1. The van der Waals surface area contributed by atoms with Crippen molar-refractivity contribution in [3.63, 3.8) is 0 Å². The minimum absolute atomic E-state index is 0.116. The van der Waals surface area contributed by atoms with Crippen molar-refractivity contribution < 1.29 is 4.79 Å². The van der Waals surface area contributed by atoms with E-state index in [2.05, 4.69) is 4.98 Å². The first-order valence-corrected chi connectivity index (χ1v) is 7.31. The summed E-state index contributed by atoms with van der Waals surface area (Å²) in [6.45, 7) is 1.39. The van der Waals surface area contributed by atoms with Gasteiger partial charge < -0.3 is 9.88 Å². The molecule has 2 aromatic rings. The molecule has 0 aliphatic carbocycles. The zero-order valence-corrected chi connectivity index (χ0v) is 12.2. The number of hydrogen-bond donors (Lipinski definition) is 1. The first kappa shape index (κ1) is 13.9. The molecule has 1 saturated heterocycles. The van der Waals surface area contributed by atoms with Crippen LogP contribution in [0.2, 0.25) is 5.02 Å². The van der Waals surface area contributed by atoms with Crippen LogP contribution in [0.25, 0.3) is 11.3 Å². The van der Waals surface area contributed by atoms with Crippen molar-refractivity contribution in [1.29, 1.82) is 0 Å². The molecule has 0 bridgehead atoms. The van der Waals surface area contributed by atoms with Crippen molar-refractivity contribution >= 4 is 18.0 Å². The highest BCUT2D eigenvalue weighted by molar-refractivity contribution is 6.30. The SMILES string of the molecule is O=CN1CCC(n2cc(-c3cccc(Cl)c3)[nH]c2=O)CC1. The molecule has 1 aliphatic rings. The fraction of sp³-hybridized carbons (Fsp3) is 0.333. The first-order valence-electron chi connectivity index (χ1n) is 6.94. The molecule has 21 heavy (non-hydrogen) atoms. The maximum Gasteiger partial charge on any atom is 0.326 e. The second kappa shape index (κ2) is 5.77. The van der Waals surface area contributed by atoms with Gasteiger partial charge in [-0.3, -0.25) is 9.36 Å². The second-order valence-electron chi connectivity index (χ2n) is 5.26. The summed E-state index contributed by atoms with van der Waals surface area (Å²) in [6, 6.07) is 7.53. The molecule has 3 rings (SSSR count). The number of halogens is 1. The number of benzene rings is 1. The Morgan fingerprint density at radius 1 is 1.29 bits per heavy atom. The molecular weight excluding hydrogens is 290 g/mol. The second-order valence-corrected chi connectivity index (χ2v) is 5.70. The topological polar surface area (TPSA) is 58.1 Å². The maximum atomic E-state index is 12.1. The summed E-state index contributed by atoms with van der Waals surface area (Å²) in [5, 5.41) is 0.639. The molecule has 0 atom stereocenters. The molecule has 1 aliphatic heterocycles. The standard InChI is InChI=1S/C15H16ClN3O2/c16-12-3-1-2-11(8-12)14-9-19(15(21)17-14)13-4-6-18(10-20)7-5-13/h1-3,8-10,13H,4-7H2,(H,17,21). The first-order chi connectivity index (χ1) is 10.2. The van der Waals surface area contributed by atoms with Gasteiger partial charge in [-0.05, 0) is 25.0 Å². The third-order valence-electron chi connectivity index (χ3n) is 3.92. The Morgan fingerprint density at radius 2 is 2.05 bits per heavy atom. The largest absolute Gasteiger partial charge is 0.345 e. The van der Waals surface area contributed by atoms with Crippen molar-refractivity contribution in [2.24, 2.45) is 0 Å². The average molecular weight is 306 g/mol. The zero-order chi connectivity index (χ0) is 14.8. The van der Waals surface area contributed by atoms with Crippen LogP contribution >= 0.6 is 11.6 Å². The van der Waals surface area contributed by atoms with Gasteiger partial charge in [0.25, 0.3) is 0 Å². The summed E-state index contributed by atoms with van der Waals surface area (Å²) in [7, 11) is 0. The summed E-state index contributed by atoms with van der Waals surface area (Å²) >= 11 is 5.98. The highest BCUT2D eigenvalue weighted by Crippen LogP contribution is 2.24. The Morgan fingerprint density at radius 3 is 2.71 bits per heavy atom. The molecule has 6 heteroatoms.